The molecule has 2 aliphatic rings. The van der Waals surface area contributed by atoms with Gasteiger partial charge in [0.15, 0.2) is 0 Å². The van der Waals surface area contributed by atoms with Crippen LogP contribution in [-0.2, 0) is 9.53 Å². The Kier molecular flexibility index (Phi) is 6.52. The molecule has 0 bridgehead atoms. The highest BCUT2D eigenvalue weighted by Crippen LogP contribution is 2.33. The average molecular weight is 429 g/mol. The Bertz CT molecular complexity index is 957. The number of nitrogen functional groups attached to an aromatic ring is 1. The van der Waals surface area contributed by atoms with E-state index >= 15 is 0 Å². The van der Waals surface area contributed by atoms with Crippen molar-refractivity contribution in [3.05, 3.63) is 52.5 Å². The highest BCUT2D eigenvalue weighted by molar-refractivity contribution is 6.36. The van der Waals surface area contributed by atoms with Crippen molar-refractivity contribution in [2.45, 2.75) is 6.42 Å². The molecule has 4 rings (SSSR count). The number of hydrogen-bond acceptors (Lipinski definition) is 6. The van der Waals surface area contributed by atoms with E-state index in [1.807, 2.05) is 18.2 Å². The largest absolute Gasteiger partial charge is 0.491 e. The lowest BCUT2D eigenvalue weighted by atomic mass is 9.99. The quantitative estimate of drug-likeness (QED) is 0.545. The van der Waals surface area contributed by atoms with Gasteiger partial charge < -0.3 is 20.5 Å². The molecule has 8 heteroatoms. The summed E-state index contributed by atoms with van der Waals surface area (Å²) < 4.78 is 11.3. The summed E-state index contributed by atoms with van der Waals surface area (Å²) in [6, 6.07) is 11.0. The Morgan fingerprint density at radius 1 is 1.20 bits per heavy atom. The first kappa shape index (κ1) is 20.7. The number of anilines is 2. The molecule has 1 saturated heterocycles. The number of nitrogens with one attached hydrogen (secondary N) is 1. The molecule has 0 saturated carbocycles. The highest BCUT2D eigenvalue weighted by atomic mass is 35.5. The summed E-state index contributed by atoms with van der Waals surface area (Å²) in [4.78, 5) is 19.0. The van der Waals surface area contributed by atoms with Crippen LogP contribution >= 0.6 is 11.6 Å². The summed E-state index contributed by atoms with van der Waals surface area (Å²) in [7, 11) is 0. The minimum atomic E-state index is -0.193. The van der Waals surface area contributed by atoms with Gasteiger partial charge in [-0.05, 0) is 18.6 Å². The fourth-order valence-corrected chi connectivity index (χ4v) is 3.85. The molecule has 7 nitrogen and oxygen atoms in total. The molecule has 2 aromatic rings. The fourth-order valence-electron chi connectivity index (χ4n) is 3.63. The number of benzene rings is 2. The Morgan fingerprint density at radius 3 is 2.80 bits per heavy atom. The zero-order valence-corrected chi connectivity index (χ0v) is 17.5. The van der Waals surface area contributed by atoms with Gasteiger partial charge in [-0.2, -0.15) is 0 Å². The van der Waals surface area contributed by atoms with Gasteiger partial charge in [0.05, 0.1) is 36.9 Å². The second-order valence-electron chi connectivity index (χ2n) is 7.28. The first-order valence-electron chi connectivity index (χ1n) is 10.1. The van der Waals surface area contributed by atoms with Gasteiger partial charge in [-0.15, -0.1) is 0 Å². The summed E-state index contributed by atoms with van der Waals surface area (Å²) >= 11 is 6.38. The van der Waals surface area contributed by atoms with E-state index in [9.17, 15) is 4.79 Å². The van der Waals surface area contributed by atoms with E-state index in [1.165, 1.54) is 0 Å². The van der Waals surface area contributed by atoms with E-state index in [-0.39, 0.29) is 12.5 Å². The molecule has 0 spiro atoms. The molecule has 1 amide bonds. The number of morpholine rings is 1. The molecule has 0 aromatic heterocycles. The van der Waals surface area contributed by atoms with Crippen molar-refractivity contribution in [1.29, 1.82) is 0 Å². The van der Waals surface area contributed by atoms with E-state index in [1.54, 1.807) is 18.2 Å². The predicted molar refractivity (Wildman–Crippen MR) is 119 cm³/mol. The molecule has 30 heavy (non-hydrogen) atoms. The van der Waals surface area contributed by atoms with Crippen molar-refractivity contribution < 1.29 is 14.3 Å². The number of amides is 1. The van der Waals surface area contributed by atoms with E-state index in [0.717, 1.165) is 50.4 Å². The molecule has 1 fully saturated rings. The smallest absolute Gasteiger partial charge is 0.246 e. The summed E-state index contributed by atoms with van der Waals surface area (Å²) in [5.74, 6) is 0.359. The molecule has 158 valence electrons. The van der Waals surface area contributed by atoms with E-state index in [4.69, 9.17) is 26.8 Å². The standard InChI is InChI=1S/C22H25ClN4O3/c23-17-5-2-1-4-15(17)22-16-12-18(24)20(13-19(16)26-21(28)14-25-22)30-9-3-6-27-7-10-29-11-8-27/h1-2,4-5,12-13H,3,6-11,14,24H2,(H,26,28). The van der Waals surface area contributed by atoms with Gasteiger partial charge in [0.1, 0.15) is 12.3 Å². The second-order valence-corrected chi connectivity index (χ2v) is 7.69. The maximum absolute atomic E-state index is 12.2. The Morgan fingerprint density at radius 2 is 2.00 bits per heavy atom. The SMILES string of the molecule is Nc1cc2c(cc1OCCCN1CCOCC1)NC(=O)CN=C2c1ccccc1Cl. The fraction of sp³-hybridized carbons (Fsp3) is 0.364. The van der Waals surface area contributed by atoms with Crippen LogP contribution in [0.5, 0.6) is 5.75 Å². The number of rotatable bonds is 6. The van der Waals surface area contributed by atoms with Crippen molar-refractivity contribution >= 4 is 34.6 Å². The van der Waals surface area contributed by atoms with Crippen molar-refractivity contribution in [3.8, 4) is 5.75 Å². The van der Waals surface area contributed by atoms with Crippen LogP contribution in [0, 0.1) is 0 Å². The molecule has 2 aromatic carbocycles. The zero-order chi connectivity index (χ0) is 20.9. The third-order valence-corrected chi connectivity index (χ3v) is 5.50. The number of carbonyl (C=O) groups excluding carboxylic acids is 1. The number of carbonyl (C=O) groups is 1. The number of halogens is 1. The maximum Gasteiger partial charge on any atom is 0.246 e. The Labute approximate surface area is 180 Å². The van der Waals surface area contributed by atoms with Crippen LogP contribution in [0.2, 0.25) is 5.02 Å². The minimum Gasteiger partial charge on any atom is -0.491 e. The van der Waals surface area contributed by atoms with Gasteiger partial charge in [-0.25, -0.2) is 0 Å². The lowest BCUT2D eigenvalue weighted by Crippen LogP contribution is -2.37. The highest BCUT2D eigenvalue weighted by Gasteiger charge is 2.22. The van der Waals surface area contributed by atoms with Gasteiger partial charge in [0, 0.05) is 41.9 Å². The lowest BCUT2D eigenvalue weighted by molar-refractivity contribution is -0.114. The van der Waals surface area contributed by atoms with Crippen LogP contribution in [0.15, 0.2) is 41.4 Å². The molecule has 0 atom stereocenters. The number of fused-ring (bicyclic) bond motifs is 1. The Hall–Kier alpha value is -2.61. The molecular formula is C22H25ClN4O3. The predicted octanol–water partition coefficient (Wildman–Crippen LogP) is 2.81. The van der Waals surface area contributed by atoms with Gasteiger partial charge in [0.25, 0.3) is 0 Å². The molecule has 2 heterocycles. The number of hydrogen-bond donors (Lipinski definition) is 2. The van der Waals surface area contributed by atoms with E-state index < -0.39 is 0 Å². The van der Waals surface area contributed by atoms with Gasteiger partial charge in [-0.3, -0.25) is 14.7 Å². The molecule has 3 N–H and O–H groups in total. The lowest BCUT2D eigenvalue weighted by Gasteiger charge is -2.26. The maximum atomic E-state index is 12.2. The third kappa shape index (κ3) is 4.75. The van der Waals surface area contributed by atoms with E-state index in [2.05, 4.69) is 15.2 Å². The van der Waals surface area contributed by atoms with Gasteiger partial charge in [-0.1, -0.05) is 29.8 Å². The van der Waals surface area contributed by atoms with Crippen LogP contribution < -0.4 is 15.8 Å². The first-order valence-corrected chi connectivity index (χ1v) is 10.5. The number of benzodiazepines with no additional fused rings is 1. The Balaban J connectivity index is 1.52. The van der Waals surface area contributed by atoms with Crippen molar-refractivity contribution in [1.82, 2.24) is 4.90 Å². The molecular weight excluding hydrogens is 404 g/mol. The van der Waals surface area contributed by atoms with Crippen molar-refractivity contribution in [2.24, 2.45) is 4.99 Å². The minimum absolute atomic E-state index is 0.0187. The van der Waals surface area contributed by atoms with Crippen molar-refractivity contribution in [3.63, 3.8) is 0 Å². The van der Waals surface area contributed by atoms with Gasteiger partial charge in [0.2, 0.25) is 5.91 Å². The number of nitrogens with two attached hydrogens (primary N) is 1. The summed E-state index contributed by atoms with van der Waals surface area (Å²) in [6.07, 6.45) is 0.884. The monoisotopic (exact) mass is 428 g/mol. The normalized spacial score (nSPS) is 17.0. The average Bonchev–Trinajstić information content (AvgIpc) is 2.90. The molecule has 0 radical (unpaired) electrons. The van der Waals surface area contributed by atoms with Crippen molar-refractivity contribution in [2.75, 3.05) is 57.1 Å². The zero-order valence-electron chi connectivity index (χ0n) is 16.7. The van der Waals surface area contributed by atoms with E-state index in [0.29, 0.717) is 34.5 Å². The number of aliphatic imine (C=N–C) groups is 1. The molecule has 0 aliphatic carbocycles. The van der Waals surface area contributed by atoms with Crippen LogP contribution in [0.1, 0.15) is 17.5 Å². The van der Waals surface area contributed by atoms with Crippen LogP contribution in [0.4, 0.5) is 11.4 Å². The van der Waals surface area contributed by atoms with Crippen LogP contribution in [0.25, 0.3) is 0 Å². The summed E-state index contributed by atoms with van der Waals surface area (Å²) in [5, 5.41) is 3.47. The summed E-state index contributed by atoms with van der Waals surface area (Å²) in [6.45, 7) is 4.99. The topological polar surface area (TPSA) is 89.2 Å². The molecule has 2 aliphatic heterocycles. The van der Waals surface area contributed by atoms with Crippen LogP contribution in [-0.4, -0.2) is 62.5 Å². The second kappa shape index (κ2) is 9.47. The van der Waals surface area contributed by atoms with Gasteiger partial charge >= 0.3 is 0 Å². The molecule has 0 unspecified atom stereocenters. The summed E-state index contributed by atoms with van der Waals surface area (Å²) in [5.41, 5.74) is 9.52. The number of ether oxygens (including phenoxy) is 2. The first-order chi connectivity index (χ1) is 14.6. The third-order valence-electron chi connectivity index (χ3n) is 5.17. The van der Waals surface area contributed by atoms with Crippen LogP contribution in [0.3, 0.4) is 0 Å². The number of nitrogens with zero attached hydrogens (tertiary/aromatic N) is 2.